The van der Waals surface area contributed by atoms with E-state index in [1.54, 1.807) is 24.3 Å². The van der Waals surface area contributed by atoms with E-state index in [4.69, 9.17) is 28.0 Å². The Hall–Kier alpha value is -5.19. The standard InChI is InChI=1S/C34H35O12P/c1-41-29-17-21(18-30(42-2)33(29)37)5-15-27(35)23-7-11-25(12-8-23)45-47(39,40)46-26-13-9-24(10-14-26)28(36)16-6-22-19-31(43-3)34(38)32(20-22)44-4/h7-14,17-20,37-38H,5-6,15-16H2,1-4H3,(H,39,40). The summed E-state index contributed by atoms with van der Waals surface area (Å²) in [6, 6.07) is 17.9. The minimum Gasteiger partial charge on any atom is -0.502 e. The molecule has 0 amide bonds. The number of Topliss-reactive ketones (excluding diaryl/α,β-unsaturated/α-hetero) is 2. The van der Waals surface area contributed by atoms with Crippen LogP contribution in [0.4, 0.5) is 0 Å². The van der Waals surface area contributed by atoms with Gasteiger partial charge in [-0.15, -0.1) is 0 Å². The van der Waals surface area contributed by atoms with E-state index in [1.165, 1.54) is 77.0 Å². The summed E-state index contributed by atoms with van der Waals surface area (Å²) < 4.78 is 43.6. The molecule has 4 rings (SSSR count). The number of aromatic hydroxyl groups is 2. The van der Waals surface area contributed by atoms with E-state index in [0.717, 1.165) is 11.1 Å². The van der Waals surface area contributed by atoms with Gasteiger partial charge in [0.25, 0.3) is 0 Å². The largest absolute Gasteiger partial charge is 0.584 e. The predicted molar refractivity (Wildman–Crippen MR) is 172 cm³/mol. The second kappa shape index (κ2) is 15.4. The Morgan fingerprint density at radius 2 is 0.872 bits per heavy atom. The number of hydrogen-bond donors (Lipinski definition) is 3. The van der Waals surface area contributed by atoms with Crippen LogP contribution in [-0.4, -0.2) is 55.1 Å². The maximum atomic E-state index is 12.8. The van der Waals surface area contributed by atoms with Crippen LogP contribution in [0.1, 0.15) is 44.7 Å². The summed E-state index contributed by atoms with van der Waals surface area (Å²) in [7, 11) is 1.06. The molecule has 0 unspecified atom stereocenters. The van der Waals surface area contributed by atoms with E-state index in [-0.39, 0.29) is 70.4 Å². The summed E-state index contributed by atoms with van der Waals surface area (Å²) in [6.07, 6.45) is 1.02. The zero-order valence-electron chi connectivity index (χ0n) is 26.2. The molecule has 0 spiro atoms. The lowest BCUT2D eigenvalue weighted by Crippen LogP contribution is -2.04. The molecular formula is C34H35O12P. The molecule has 0 saturated heterocycles. The molecule has 47 heavy (non-hydrogen) atoms. The van der Waals surface area contributed by atoms with Crippen LogP contribution in [-0.2, 0) is 17.4 Å². The fourth-order valence-electron chi connectivity index (χ4n) is 4.68. The van der Waals surface area contributed by atoms with E-state index in [1.807, 2.05) is 0 Å². The molecule has 0 aliphatic carbocycles. The Bertz CT molecular complexity index is 1590. The number of carbonyl (C=O) groups excluding carboxylic acids is 2. The maximum absolute atomic E-state index is 12.8. The second-order valence-corrected chi connectivity index (χ2v) is 11.5. The Balaban J connectivity index is 1.30. The van der Waals surface area contributed by atoms with Crippen molar-refractivity contribution >= 4 is 19.4 Å². The molecule has 0 fully saturated rings. The Morgan fingerprint density at radius 3 is 1.15 bits per heavy atom. The number of phosphoric acid groups is 1. The van der Waals surface area contributed by atoms with Gasteiger partial charge in [0, 0.05) is 24.0 Å². The number of phosphoric ester groups is 1. The maximum Gasteiger partial charge on any atom is 0.584 e. The van der Waals surface area contributed by atoms with Gasteiger partial charge in [-0.3, -0.25) is 14.5 Å². The zero-order valence-corrected chi connectivity index (χ0v) is 27.1. The van der Waals surface area contributed by atoms with Gasteiger partial charge in [0.1, 0.15) is 11.5 Å². The number of hydrogen-bond acceptors (Lipinski definition) is 11. The number of rotatable bonds is 16. The molecule has 3 N–H and O–H groups in total. The van der Waals surface area contributed by atoms with Gasteiger partial charge >= 0.3 is 7.82 Å². The summed E-state index contributed by atoms with van der Waals surface area (Å²) in [5.74, 6) is 0.352. The van der Waals surface area contributed by atoms with Crippen LogP contribution in [0.25, 0.3) is 0 Å². The van der Waals surface area contributed by atoms with Crippen molar-refractivity contribution in [3.63, 3.8) is 0 Å². The fourth-order valence-corrected chi connectivity index (χ4v) is 5.49. The predicted octanol–water partition coefficient (Wildman–Crippen LogP) is 6.32. The first kappa shape index (κ1) is 34.7. The first-order valence-corrected chi connectivity index (χ1v) is 15.8. The van der Waals surface area contributed by atoms with Crippen molar-refractivity contribution in [2.45, 2.75) is 25.7 Å². The monoisotopic (exact) mass is 666 g/mol. The molecule has 0 bridgehead atoms. The van der Waals surface area contributed by atoms with Gasteiger partial charge in [-0.1, -0.05) is 0 Å². The third-order valence-corrected chi connectivity index (χ3v) is 8.04. The number of ether oxygens (including phenoxy) is 4. The first-order valence-electron chi connectivity index (χ1n) is 14.3. The van der Waals surface area contributed by atoms with Crippen LogP contribution in [0, 0.1) is 0 Å². The topological polar surface area (TPSA) is 167 Å². The van der Waals surface area contributed by atoms with Gasteiger partial charge in [-0.25, -0.2) is 4.57 Å². The molecule has 248 valence electrons. The number of methoxy groups -OCH3 is 4. The molecule has 4 aromatic rings. The molecule has 0 saturated carbocycles. The summed E-state index contributed by atoms with van der Waals surface area (Å²) in [4.78, 5) is 35.8. The highest BCUT2D eigenvalue weighted by molar-refractivity contribution is 7.48. The van der Waals surface area contributed by atoms with Crippen molar-refractivity contribution in [3.05, 3.63) is 95.1 Å². The molecule has 13 heteroatoms. The second-order valence-electron chi connectivity index (χ2n) is 10.2. The number of ketones is 2. The van der Waals surface area contributed by atoms with Crippen molar-refractivity contribution in [3.8, 4) is 46.0 Å². The van der Waals surface area contributed by atoms with E-state index in [2.05, 4.69) is 0 Å². The van der Waals surface area contributed by atoms with Crippen LogP contribution in [0.2, 0.25) is 0 Å². The molecule has 12 nitrogen and oxygen atoms in total. The molecule has 0 atom stereocenters. The summed E-state index contributed by atoms with van der Waals surface area (Å²) in [5.41, 5.74) is 2.20. The van der Waals surface area contributed by atoms with Gasteiger partial charge in [0.15, 0.2) is 34.6 Å². The number of benzene rings is 4. The minimum atomic E-state index is -4.62. The number of phenolic OH excluding ortho intramolecular Hbond substituents is 2. The van der Waals surface area contributed by atoms with Crippen molar-refractivity contribution in [2.75, 3.05) is 28.4 Å². The lowest BCUT2D eigenvalue weighted by Gasteiger charge is -2.14. The van der Waals surface area contributed by atoms with Gasteiger partial charge in [0.05, 0.1) is 28.4 Å². The average Bonchev–Trinajstić information content (AvgIpc) is 3.07. The number of aryl methyl sites for hydroxylation is 2. The van der Waals surface area contributed by atoms with Crippen molar-refractivity contribution in [2.24, 2.45) is 0 Å². The van der Waals surface area contributed by atoms with E-state index >= 15 is 0 Å². The average molecular weight is 667 g/mol. The summed E-state index contributed by atoms with van der Waals surface area (Å²) >= 11 is 0. The SMILES string of the molecule is COc1cc(CCC(=O)c2ccc(OP(=O)(O)Oc3ccc(C(=O)CCc4cc(OC)c(O)c(OC)c4)cc3)cc2)cc(OC)c1O. The highest BCUT2D eigenvalue weighted by Crippen LogP contribution is 2.44. The normalized spacial score (nSPS) is 11.0. The molecule has 0 aliphatic rings. The number of carbonyl (C=O) groups is 2. The Kier molecular flexibility index (Phi) is 11.4. The Labute approximate surface area is 271 Å². The quantitative estimate of drug-likeness (QED) is 0.0901. The van der Waals surface area contributed by atoms with E-state index in [0.29, 0.717) is 24.0 Å². The highest BCUT2D eigenvalue weighted by Gasteiger charge is 2.25. The summed E-state index contributed by atoms with van der Waals surface area (Å²) in [5, 5.41) is 20.1. The van der Waals surface area contributed by atoms with Gasteiger partial charge in [-0.2, -0.15) is 0 Å². The lowest BCUT2D eigenvalue weighted by molar-refractivity contribution is 0.0975. The fraction of sp³-hybridized carbons (Fsp3) is 0.235. The highest BCUT2D eigenvalue weighted by atomic mass is 31.2. The van der Waals surface area contributed by atoms with Crippen LogP contribution in [0.15, 0.2) is 72.8 Å². The molecule has 4 aromatic carbocycles. The molecular weight excluding hydrogens is 631 g/mol. The third kappa shape index (κ3) is 8.96. The Morgan fingerprint density at radius 1 is 0.574 bits per heavy atom. The van der Waals surface area contributed by atoms with Gasteiger partial charge in [-0.05, 0) is 96.8 Å². The van der Waals surface area contributed by atoms with Crippen molar-refractivity contribution in [1.29, 1.82) is 0 Å². The van der Waals surface area contributed by atoms with Gasteiger partial charge < -0.3 is 38.2 Å². The van der Waals surface area contributed by atoms with Crippen LogP contribution >= 0.6 is 7.82 Å². The minimum absolute atomic E-state index is 0.00896. The number of phenols is 2. The summed E-state index contributed by atoms with van der Waals surface area (Å²) in [6.45, 7) is 0. The molecule has 0 aliphatic heterocycles. The van der Waals surface area contributed by atoms with Crippen LogP contribution < -0.4 is 28.0 Å². The third-order valence-electron chi connectivity index (χ3n) is 7.15. The molecule has 0 radical (unpaired) electrons. The van der Waals surface area contributed by atoms with Crippen molar-refractivity contribution in [1.82, 2.24) is 0 Å². The van der Waals surface area contributed by atoms with Crippen molar-refractivity contribution < 1.29 is 57.3 Å². The van der Waals surface area contributed by atoms with E-state index < -0.39 is 7.82 Å². The lowest BCUT2D eigenvalue weighted by atomic mass is 10.0. The zero-order chi connectivity index (χ0) is 34.1. The van der Waals surface area contributed by atoms with Gasteiger partial charge in [0.2, 0.25) is 11.5 Å². The van der Waals surface area contributed by atoms with Crippen LogP contribution in [0.3, 0.4) is 0 Å². The smallest absolute Gasteiger partial charge is 0.502 e. The van der Waals surface area contributed by atoms with Crippen LogP contribution in [0.5, 0.6) is 46.0 Å². The first-order chi connectivity index (χ1) is 22.5. The van der Waals surface area contributed by atoms with E-state index in [9.17, 15) is 29.3 Å². The molecule has 0 aromatic heterocycles. The molecule has 0 heterocycles.